The van der Waals surface area contributed by atoms with Crippen LogP contribution < -0.4 is 4.74 Å². The fraction of sp³-hybridized carbons (Fsp3) is 0.158. The van der Waals surface area contributed by atoms with Gasteiger partial charge in [0.25, 0.3) is 5.78 Å². The first-order valence-corrected chi connectivity index (χ1v) is 8.03. The molecule has 128 valence electrons. The van der Waals surface area contributed by atoms with E-state index < -0.39 is 0 Å². The average Bonchev–Trinajstić information content (AvgIpc) is 3.23. The van der Waals surface area contributed by atoms with E-state index in [0.29, 0.717) is 23.3 Å². The average molecular weight is 344 g/mol. The summed E-state index contributed by atoms with van der Waals surface area (Å²) < 4.78 is 8.73. The number of methoxy groups -OCH3 is 1. The van der Waals surface area contributed by atoms with Crippen LogP contribution in [0.15, 0.2) is 42.6 Å². The van der Waals surface area contributed by atoms with Crippen LogP contribution in [0.4, 0.5) is 0 Å². The maximum absolute atomic E-state index is 5.31. The lowest BCUT2D eigenvalue weighted by atomic mass is 10.2. The van der Waals surface area contributed by atoms with E-state index in [4.69, 9.17) is 4.74 Å². The third-order valence-electron chi connectivity index (χ3n) is 3.85. The SMILES string of the molecule is COc1cc(C)nc2nc(C#Cc3nc(-c4ccccc4)cn3C)nn12. The summed E-state index contributed by atoms with van der Waals surface area (Å²) in [4.78, 5) is 13.3. The van der Waals surface area contributed by atoms with E-state index in [9.17, 15) is 0 Å². The molecular formula is C19H16N6O. The van der Waals surface area contributed by atoms with Gasteiger partial charge < -0.3 is 9.30 Å². The number of ether oxygens (including phenoxy) is 1. The molecule has 0 N–H and O–H groups in total. The highest BCUT2D eigenvalue weighted by Gasteiger charge is 2.09. The number of benzene rings is 1. The van der Waals surface area contributed by atoms with Crippen molar-refractivity contribution in [1.29, 1.82) is 0 Å². The first-order chi connectivity index (χ1) is 12.6. The lowest BCUT2D eigenvalue weighted by Gasteiger charge is -2.01. The number of fused-ring (bicyclic) bond motifs is 1. The van der Waals surface area contributed by atoms with E-state index in [1.54, 1.807) is 13.2 Å². The van der Waals surface area contributed by atoms with Gasteiger partial charge in [-0.05, 0) is 18.8 Å². The normalized spacial score (nSPS) is 10.6. The van der Waals surface area contributed by atoms with Gasteiger partial charge in [0, 0.05) is 30.6 Å². The number of hydrogen-bond donors (Lipinski definition) is 0. The van der Waals surface area contributed by atoms with Crippen molar-refractivity contribution in [2.24, 2.45) is 7.05 Å². The summed E-state index contributed by atoms with van der Waals surface area (Å²) in [6.07, 6.45) is 1.95. The Kier molecular flexibility index (Phi) is 3.86. The molecule has 4 rings (SSSR count). The minimum absolute atomic E-state index is 0.366. The van der Waals surface area contributed by atoms with E-state index in [-0.39, 0.29) is 0 Å². The zero-order valence-electron chi connectivity index (χ0n) is 14.6. The van der Waals surface area contributed by atoms with Gasteiger partial charge in [-0.15, -0.1) is 5.10 Å². The van der Waals surface area contributed by atoms with Crippen molar-refractivity contribution in [3.05, 3.63) is 59.9 Å². The number of nitrogens with zero attached hydrogens (tertiary/aromatic N) is 6. The van der Waals surface area contributed by atoms with Crippen LogP contribution in [-0.4, -0.2) is 36.2 Å². The molecule has 0 fully saturated rings. The van der Waals surface area contributed by atoms with E-state index >= 15 is 0 Å². The second-order valence-electron chi connectivity index (χ2n) is 5.76. The topological polar surface area (TPSA) is 70.1 Å². The standard InChI is InChI=1S/C19H16N6O/c1-13-11-18(26-3)25-19(20-13)22-16(23-25)9-10-17-21-15(12-24(17)2)14-7-5-4-6-8-14/h4-8,11-12H,1-3H3. The Balaban J connectivity index is 1.70. The summed E-state index contributed by atoms with van der Waals surface area (Å²) in [5, 5.41) is 4.34. The molecule has 0 amide bonds. The van der Waals surface area contributed by atoms with E-state index in [2.05, 4.69) is 31.9 Å². The van der Waals surface area contributed by atoms with E-state index in [1.165, 1.54) is 4.52 Å². The summed E-state index contributed by atoms with van der Waals surface area (Å²) in [6.45, 7) is 1.88. The van der Waals surface area contributed by atoms with Crippen molar-refractivity contribution >= 4 is 5.78 Å². The highest BCUT2D eigenvalue weighted by atomic mass is 16.5. The Morgan fingerprint density at radius 2 is 1.85 bits per heavy atom. The molecule has 7 nitrogen and oxygen atoms in total. The molecule has 0 aliphatic rings. The second kappa shape index (κ2) is 6.33. The molecule has 4 aromatic rings. The Bertz CT molecular complexity index is 1150. The molecule has 0 saturated carbocycles. The fourth-order valence-electron chi connectivity index (χ4n) is 2.59. The van der Waals surface area contributed by atoms with Crippen LogP contribution >= 0.6 is 0 Å². The predicted molar refractivity (Wildman–Crippen MR) is 96.7 cm³/mol. The molecule has 0 aliphatic heterocycles. The number of imidazole rings is 1. The lowest BCUT2D eigenvalue weighted by Crippen LogP contribution is -1.99. The predicted octanol–water partition coefficient (Wildman–Crippen LogP) is 2.24. The summed E-state index contributed by atoms with van der Waals surface area (Å²) in [6, 6.07) is 11.8. The summed E-state index contributed by atoms with van der Waals surface area (Å²) in [5.41, 5.74) is 2.73. The number of aryl methyl sites for hydroxylation is 2. The molecule has 3 aromatic heterocycles. The third-order valence-corrected chi connectivity index (χ3v) is 3.85. The highest BCUT2D eigenvalue weighted by Crippen LogP contribution is 2.17. The molecule has 0 bridgehead atoms. The van der Waals surface area contributed by atoms with Crippen LogP contribution in [0.2, 0.25) is 0 Å². The maximum atomic E-state index is 5.31. The van der Waals surface area contributed by atoms with Crippen LogP contribution in [-0.2, 0) is 7.05 Å². The molecule has 1 aromatic carbocycles. The molecule has 3 heterocycles. The molecule has 0 radical (unpaired) electrons. The quantitative estimate of drug-likeness (QED) is 0.522. The Morgan fingerprint density at radius 1 is 1.04 bits per heavy atom. The van der Waals surface area contributed by atoms with Crippen molar-refractivity contribution in [1.82, 2.24) is 29.1 Å². The maximum Gasteiger partial charge on any atom is 0.256 e. The van der Waals surface area contributed by atoms with Gasteiger partial charge in [0.15, 0.2) is 5.82 Å². The largest absolute Gasteiger partial charge is 0.481 e. The van der Waals surface area contributed by atoms with Crippen molar-refractivity contribution in [3.8, 4) is 29.0 Å². The third kappa shape index (κ3) is 2.89. The van der Waals surface area contributed by atoms with Crippen molar-refractivity contribution in [3.63, 3.8) is 0 Å². The minimum atomic E-state index is 0.366. The molecule has 0 spiro atoms. The molecule has 0 unspecified atom stereocenters. The molecule has 26 heavy (non-hydrogen) atoms. The molecule has 0 saturated heterocycles. The first kappa shape index (κ1) is 15.8. The van der Waals surface area contributed by atoms with Gasteiger partial charge in [0.2, 0.25) is 11.7 Å². The number of aromatic nitrogens is 6. The van der Waals surface area contributed by atoms with Gasteiger partial charge in [-0.25, -0.2) is 9.97 Å². The summed E-state index contributed by atoms with van der Waals surface area (Å²) in [5.74, 6) is 8.01. The Morgan fingerprint density at radius 3 is 2.62 bits per heavy atom. The molecule has 0 atom stereocenters. The van der Waals surface area contributed by atoms with E-state index in [0.717, 1.165) is 17.0 Å². The van der Waals surface area contributed by atoms with Crippen LogP contribution in [0.1, 0.15) is 17.3 Å². The van der Waals surface area contributed by atoms with Crippen LogP contribution in [0.3, 0.4) is 0 Å². The summed E-state index contributed by atoms with van der Waals surface area (Å²) in [7, 11) is 3.49. The molecule has 7 heteroatoms. The highest BCUT2D eigenvalue weighted by molar-refractivity contribution is 5.59. The van der Waals surface area contributed by atoms with Gasteiger partial charge in [-0.1, -0.05) is 30.3 Å². The van der Waals surface area contributed by atoms with Gasteiger partial charge in [-0.2, -0.15) is 9.50 Å². The Labute approximate surface area is 150 Å². The zero-order chi connectivity index (χ0) is 18.1. The fourth-order valence-corrected chi connectivity index (χ4v) is 2.59. The van der Waals surface area contributed by atoms with E-state index in [1.807, 2.05) is 55.1 Å². The monoisotopic (exact) mass is 344 g/mol. The molecular weight excluding hydrogens is 328 g/mol. The van der Waals surface area contributed by atoms with Crippen molar-refractivity contribution in [2.75, 3.05) is 7.11 Å². The van der Waals surface area contributed by atoms with Gasteiger partial charge in [0.1, 0.15) is 0 Å². The Hall–Kier alpha value is -3.66. The molecule has 0 aliphatic carbocycles. The van der Waals surface area contributed by atoms with Crippen LogP contribution in [0.5, 0.6) is 5.88 Å². The zero-order valence-corrected chi connectivity index (χ0v) is 14.6. The summed E-state index contributed by atoms with van der Waals surface area (Å²) >= 11 is 0. The first-order valence-electron chi connectivity index (χ1n) is 8.03. The van der Waals surface area contributed by atoms with Gasteiger partial charge >= 0.3 is 0 Å². The smallest absolute Gasteiger partial charge is 0.256 e. The van der Waals surface area contributed by atoms with Gasteiger partial charge in [0.05, 0.1) is 12.8 Å². The number of rotatable bonds is 2. The minimum Gasteiger partial charge on any atom is -0.481 e. The van der Waals surface area contributed by atoms with Crippen molar-refractivity contribution < 1.29 is 4.74 Å². The van der Waals surface area contributed by atoms with Crippen LogP contribution in [0.25, 0.3) is 17.0 Å². The number of hydrogen-bond acceptors (Lipinski definition) is 5. The van der Waals surface area contributed by atoms with Crippen molar-refractivity contribution in [2.45, 2.75) is 6.92 Å². The van der Waals surface area contributed by atoms with Gasteiger partial charge in [-0.3, -0.25) is 0 Å². The van der Waals surface area contributed by atoms with Crippen LogP contribution in [0, 0.1) is 18.8 Å². The second-order valence-corrected chi connectivity index (χ2v) is 5.76. The lowest BCUT2D eigenvalue weighted by molar-refractivity contribution is 0.384.